The summed E-state index contributed by atoms with van der Waals surface area (Å²) in [5.74, 6) is -0.0785. The molecule has 1 aromatic rings. The van der Waals surface area contributed by atoms with Gasteiger partial charge in [0.2, 0.25) is 0 Å². The maximum atomic E-state index is 11.9. The first kappa shape index (κ1) is 14.7. The quantitative estimate of drug-likeness (QED) is 0.524. The number of carbonyl (C=O) groups excluding carboxylic acids is 1. The maximum Gasteiger partial charge on any atom is 0.309 e. The molecule has 1 unspecified atom stereocenters. The van der Waals surface area contributed by atoms with E-state index in [1.165, 1.54) is 12.8 Å². The molecule has 0 saturated heterocycles. The molecule has 0 spiro atoms. The van der Waals surface area contributed by atoms with Gasteiger partial charge in [-0.3, -0.25) is 4.79 Å². The molecule has 0 heterocycles. The Morgan fingerprint density at radius 2 is 1.83 bits per heavy atom. The average Bonchev–Trinajstić information content (AvgIpc) is 2.39. The highest BCUT2D eigenvalue weighted by Gasteiger charge is 2.17. The van der Waals surface area contributed by atoms with Crippen molar-refractivity contribution >= 4 is 5.97 Å². The molecule has 0 fully saturated rings. The minimum absolute atomic E-state index is 0.00251. The normalized spacial score (nSPS) is 13.9. The summed E-state index contributed by atoms with van der Waals surface area (Å²) in [5, 5.41) is 0. The summed E-state index contributed by atoms with van der Waals surface area (Å²) in [7, 11) is 0. The van der Waals surface area contributed by atoms with Crippen molar-refractivity contribution in [1.82, 2.24) is 0 Å². The van der Waals surface area contributed by atoms with Gasteiger partial charge in [0.05, 0.1) is 5.92 Å². The van der Waals surface area contributed by atoms with Gasteiger partial charge in [-0.15, -0.1) is 0 Å². The number of hydrogen-bond donors (Lipinski definition) is 0. The number of esters is 1. The Bertz CT molecular complexity index is 345. The van der Waals surface area contributed by atoms with E-state index in [2.05, 4.69) is 6.92 Å². The van der Waals surface area contributed by atoms with Gasteiger partial charge in [0.1, 0.15) is 6.10 Å². The Balaban J connectivity index is 2.39. The third kappa shape index (κ3) is 4.91. The van der Waals surface area contributed by atoms with E-state index in [-0.39, 0.29) is 18.0 Å². The first-order chi connectivity index (χ1) is 8.65. The molecule has 0 aliphatic rings. The van der Waals surface area contributed by atoms with Crippen LogP contribution >= 0.6 is 0 Å². The third-order valence-electron chi connectivity index (χ3n) is 3.20. The number of unbranched alkanes of at least 4 members (excludes halogenated alkanes) is 2. The SMILES string of the molecule is CCCCCC(C)C(=O)O[C@H](C)c1ccccc1. The number of hydrogen-bond acceptors (Lipinski definition) is 2. The molecule has 1 aromatic carbocycles. The summed E-state index contributed by atoms with van der Waals surface area (Å²) < 4.78 is 5.49. The Morgan fingerprint density at radius 3 is 2.44 bits per heavy atom. The van der Waals surface area contributed by atoms with Gasteiger partial charge >= 0.3 is 5.97 Å². The molecular formula is C16H24O2. The zero-order chi connectivity index (χ0) is 13.4. The molecule has 0 N–H and O–H groups in total. The van der Waals surface area contributed by atoms with Gasteiger partial charge in [-0.25, -0.2) is 0 Å². The van der Waals surface area contributed by atoms with Crippen molar-refractivity contribution in [1.29, 1.82) is 0 Å². The highest BCUT2D eigenvalue weighted by molar-refractivity contribution is 5.72. The summed E-state index contributed by atoms with van der Waals surface area (Å²) in [4.78, 5) is 11.9. The number of carbonyl (C=O) groups is 1. The van der Waals surface area contributed by atoms with Crippen LogP contribution in [0.25, 0.3) is 0 Å². The van der Waals surface area contributed by atoms with Crippen LogP contribution in [0.15, 0.2) is 30.3 Å². The Kier molecular flexibility index (Phi) is 6.48. The predicted octanol–water partition coefficient (Wildman–Crippen LogP) is 4.51. The highest BCUT2D eigenvalue weighted by atomic mass is 16.5. The fourth-order valence-electron chi connectivity index (χ4n) is 1.90. The maximum absolute atomic E-state index is 11.9. The van der Waals surface area contributed by atoms with Gasteiger partial charge < -0.3 is 4.74 Å². The minimum Gasteiger partial charge on any atom is -0.458 e. The van der Waals surface area contributed by atoms with Crippen LogP contribution in [0, 0.1) is 5.92 Å². The lowest BCUT2D eigenvalue weighted by atomic mass is 10.0. The van der Waals surface area contributed by atoms with E-state index in [1.54, 1.807) is 0 Å². The summed E-state index contributed by atoms with van der Waals surface area (Å²) in [6.45, 7) is 6.04. The van der Waals surface area contributed by atoms with Gasteiger partial charge in [0.15, 0.2) is 0 Å². The van der Waals surface area contributed by atoms with Crippen molar-refractivity contribution in [3.8, 4) is 0 Å². The van der Waals surface area contributed by atoms with Crippen LogP contribution in [0.3, 0.4) is 0 Å². The average molecular weight is 248 g/mol. The van der Waals surface area contributed by atoms with Crippen molar-refractivity contribution in [2.45, 2.75) is 52.6 Å². The van der Waals surface area contributed by atoms with Crippen LogP contribution in [-0.4, -0.2) is 5.97 Å². The van der Waals surface area contributed by atoms with Crippen molar-refractivity contribution < 1.29 is 9.53 Å². The first-order valence-electron chi connectivity index (χ1n) is 6.90. The Morgan fingerprint density at radius 1 is 1.17 bits per heavy atom. The lowest BCUT2D eigenvalue weighted by Gasteiger charge is -2.17. The molecule has 0 amide bonds. The molecule has 0 bridgehead atoms. The van der Waals surface area contributed by atoms with E-state index in [0.717, 1.165) is 18.4 Å². The summed E-state index contributed by atoms with van der Waals surface area (Å²) >= 11 is 0. The molecule has 0 aliphatic carbocycles. The summed E-state index contributed by atoms with van der Waals surface area (Å²) in [6.07, 6.45) is 4.24. The van der Waals surface area contributed by atoms with Crippen molar-refractivity contribution in [2.75, 3.05) is 0 Å². The molecule has 0 aromatic heterocycles. The van der Waals surface area contributed by atoms with Gasteiger partial charge in [0.25, 0.3) is 0 Å². The Hall–Kier alpha value is -1.31. The van der Waals surface area contributed by atoms with E-state index >= 15 is 0 Å². The monoisotopic (exact) mass is 248 g/mol. The second kappa shape index (κ2) is 7.91. The largest absolute Gasteiger partial charge is 0.458 e. The van der Waals surface area contributed by atoms with Gasteiger partial charge in [-0.2, -0.15) is 0 Å². The zero-order valence-electron chi connectivity index (χ0n) is 11.7. The topological polar surface area (TPSA) is 26.3 Å². The Labute approximate surface area is 110 Å². The van der Waals surface area contributed by atoms with Crippen molar-refractivity contribution in [3.05, 3.63) is 35.9 Å². The number of rotatable bonds is 7. The molecule has 18 heavy (non-hydrogen) atoms. The molecule has 100 valence electrons. The molecular weight excluding hydrogens is 224 g/mol. The fourth-order valence-corrected chi connectivity index (χ4v) is 1.90. The van der Waals surface area contributed by atoms with E-state index in [0.29, 0.717) is 0 Å². The molecule has 0 radical (unpaired) electrons. The van der Waals surface area contributed by atoms with Crippen LogP contribution in [0.5, 0.6) is 0 Å². The second-order valence-corrected chi connectivity index (χ2v) is 4.89. The minimum atomic E-state index is -0.160. The van der Waals surface area contributed by atoms with E-state index in [1.807, 2.05) is 44.2 Å². The summed E-state index contributed by atoms with van der Waals surface area (Å²) in [5.41, 5.74) is 1.05. The fraction of sp³-hybridized carbons (Fsp3) is 0.562. The number of benzene rings is 1. The third-order valence-corrected chi connectivity index (χ3v) is 3.20. The van der Waals surface area contributed by atoms with E-state index in [4.69, 9.17) is 4.74 Å². The molecule has 0 saturated carbocycles. The van der Waals surface area contributed by atoms with Crippen LogP contribution < -0.4 is 0 Å². The number of ether oxygens (including phenoxy) is 1. The van der Waals surface area contributed by atoms with E-state index in [9.17, 15) is 4.79 Å². The van der Waals surface area contributed by atoms with Crippen LogP contribution in [-0.2, 0) is 9.53 Å². The predicted molar refractivity (Wildman–Crippen MR) is 74.3 cm³/mol. The summed E-state index contributed by atoms with van der Waals surface area (Å²) in [6, 6.07) is 9.86. The zero-order valence-corrected chi connectivity index (χ0v) is 11.7. The smallest absolute Gasteiger partial charge is 0.309 e. The molecule has 0 aliphatic heterocycles. The van der Waals surface area contributed by atoms with Crippen LogP contribution in [0.2, 0.25) is 0 Å². The van der Waals surface area contributed by atoms with Gasteiger partial charge in [-0.1, -0.05) is 63.4 Å². The van der Waals surface area contributed by atoms with Gasteiger partial charge in [0, 0.05) is 0 Å². The first-order valence-corrected chi connectivity index (χ1v) is 6.90. The lowest BCUT2D eigenvalue weighted by molar-refractivity contribution is -0.153. The van der Waals surface area contributed by atoms with Crippen molar-refractivity contribution in [3.63, 3.8) is 0 Å². The van der Waals surface area contributed by atoms with E-state index < -0.39 is 0 Å². The molecule has 2 heteroatoms. The second-order valence-electron chi connectivity index (χ2n) is 4.89. The highest BCUT2D eigenvalue weighted by Crippen LogP contribution is 2.19. The molecule has 1 rings (SSSR count). The van der Waals surface area contributed by atoms with Crippen LogP contribution in [0.1, 0.15) is 58.1 Å². The molecule has 2 atom stereocenters. The molecule has 2 nitrogen and oxygen atoms in total. The lowest BCUT2D eigenvalue weighted by Crippen LogP contribution is -2.17. The van der Waals surface area contributed by atoms with Crippen LogP contribution in [0.4, 0.5) is 0 Å². The van der Waals surface area contributed by atoms with Gasteiger partial charge in [-0.05, 0) is 18.9 Å². The standard InChI is InChI=1S/C16H24O2/c1-4-5-7-10-13(2)16(17)18-14(3)15-11-8-6-9-12-15/h6,8-9,11-14H,4-5,7,10H2,1-3H3/t13?,14-/m1/s1. The van der Waals surface area contributed by atoms with Crippen molar-refractivity contribution in [2.24, 2.45) is 5.92 Å².